The van der Waals surface area contributed by atoms with Gasteiger partial charge in [0.1, 0.15) is 0 Å². The number of carbonyl (C=O) groups excluding carboxylic acids is 2. The molecule has 5 heteroatoms. The molecule has 1 aromatic carbocycles. The maximum Gasteiger partial charge on any atom is 0.255 e. The molecule has 0 radical (unpaired) electrons. The average Bonchev–Trinajstić information content (AvgIpc) is 3.34. The fourth-order valence-electron chi connectivity index (χ4n) is 4.56. The Hall–Kier alpha value is -2.69. The monoisotopic (exact) mass is 405 g/mol. The third kappa shape index (κ3) is 5.26. The first-order valence-electron chi connectivity index (χ1n) is 11.2. The van der Waals surface area contributed by atoms with Crippen LogP contribution in [-0.2, 0) is 17.6 Å². The largest absolute Gasteiger partial charge is 0.343 e. The summed E-state index contributed by atoms with van der Waals surface area (Å²) in [6.07, 6.45) is 10.2. The molecule has 0 saturated carbocycles. The highest BCUT2D eigenvalue weighted by molar-refractivity contribution is 5.93. The molecule has 1 aromatic heterocycles. The van der Waals surface area contributed by atoms with Crippen LogP contribution in [0.25, 0.3) is 0 Å². The number of hydrogen-bond acceptors (Lipinski definition) is 3. The number of aryl methyl sites for hydroxylation is 1. The van der Waals surface area contributed by atoms with Crippen molar-refractivity contribution < 1.29 is 9.59 Å². The van der Waals surface area contributed by atoms with E-state index in [-0.39, 0.29) is 5.91 Å². The second-order valence-corrected chi connectivity index (χ2v) is 8.59. The van der Waals surface area contributed by atoms with E-state index < -0.39 is 0 Å². The van der Waals surface area contributed by atoms with Crippen molar-refractivity contribution in [1.82, 2.24) is 14.8 Å². The fourth-order valence-corrected chi connectivity index (χ4v) is 4.56. The van der Waals surface area contributed by atoms with Crippen molar-refractivity contribution in [3.05, 3.63) is 65.5 Å². The second kappa shape index (κ2) is 9.88. The summed E-state index contributed by atoms with van der Waals surface area (Å²) >= 11 is 0. The van der Waals surface area contributed by atoms with E-state index >= 15 is 0 Å². The zero-order valence-corrected chi connectivity index (χ0v) is 17.6. The minimum Gasteiger partial charge on any atom is -0.343 e. The molecule has 0 unspecified atom stereocenters. The van der Waals surface area contributed by atoms with Crippen LogP contribution in [0.3, 0.4) is 0 Å². The Morgan fingerprint density at radius 3 is 2.27 bits per heavy atom. The summed E-state index contributed by atoms with van der Waals surface area (Å²) in [5, 5.41) is 0. The summed E-state index contributed by atoms with van der Waals surface area (Å²) in [6.45, 7) is 3.50. The summed E-state index contributed by atoms with van der Waals surface area (Å²) in [5.74, 6) is 1.00. The lowest BCUT2D eigenvalue weighted by molar-refractivity contribution is -0.130. The van der Waals surface area contributed by atoms with Crippen LogP contribution in [0.1, 0.15) is 53.6 Å². The van der Waals surface area contributed by atoms with E-state index in [1.165, 1.54) is 11.1 Å². The quantitative estimate of drug-likeness (QED) is 0.736. The fraction of sp³-hybridized carbons (Fsp3) is 0.480. The van der Waals surface area contributed by atoms with Crippen molar-refractivity contribution >= 4 is 11.8 Å². The summed E-state index contributed by atoms with van der Waals surface area (Å²) in [5.41, 5.74) is 3.26. The second-order valence-electron chi connectivity index (χ2n) is 8.59. The van der Waals surface area contributed by atoms with Gasteiger partial charge in [0.15, 0.2) is 0 Å². The van der Waals surface area contributed by atoms with Crippen molar-refractivity contribution in [3.8, 4) is 0 Å². The van der Waals surface area contributed by atoms with Gasteiger partial charge in [0.05, 0.1) is 5.56 Å². The van der Waals surface area contributed by atoms with Crippen LogP contribution in [0.2, 0.25) is 0 Å². The molecule has 0 aliphatic carbocycles. The van der Waals surface area contributed by atoms with Gasteiger partial charge in [-0.05, 0) is 67.7 Å². The normalized spacial score (nSPS) is 17.3. The number of benzene rings is 1. The highest BCUT2D eigenvalue weighted by atomic mass is 16.2. The Morgan fingerprint density at radius 2 is 1.60 bits per heavy atom. The lowest BCUT2D eigenvalue weighted by atomic mass is 9.89. The number of nitrogens with zero attached hydrogens (tertiary/aromatic N) is 3. The van der Waals surface area contributed by atoms with E-state index in [0.717, 1.165) is 64.7 Å². The number of piperidine rings is 1. The van der Waals surface area contributed by atoms with Gasteiger partial charge in [0.25, 0.3) is 5.91 Å². The van der Waals surface area contributed by atoms with Crippen molar-refractivity contribution in [2.24, 2.45) is 5.92 Å². The molecule has 0 atom stereocenters. The van der Waals surface area contributed by atoms with Gasteiger partial charge < -0.3 is 9.80 Å². The summed E-state index contributed by atoms with van der Waals surface area (Å²) < 4.78 is 0. The summed E-state index contributed by atoms with van der Waals surface area (Å²) in [6, 6.07) is 12.4. The van der Waals surface area contributed by atoms with Gasteiger partial charge in [0, 0.05) is 45.0 Å². The number of carbonyl (C=O) groups is 2. The number of amides is 2. The Balaban J connectivity index is 1.21. The molecule has 4 rings (SSSR count). The topological polar surface area (TPSA) is 53.5 Å². The van der Waals surface area contributed by atoms with Gasteiger partial charge in [-0.2, -0.15) is 0 Å². The van der Waals surface area contributed by atoms with Crippen LogP contribution in [0.4, 0.5) is 0 Å². The molecule has 158 valence electrons. The molecule has 5 nitrogen and oxygen atoms in total. The Labute approximate surface area is 179 Å². The van der Waals surface area contributed by atoms with Gasteiger partial charge in [0.2, 0.25) is 5.91 Å². The van der Waals surface area contributed by atoms with Crippen LogP contribution in [-0.4, -0.2) is 52.8 Å². The van der Waals surface area contributed by atoms with Crippen LogP contribution < -0.4 is 0 Å². The zero-order chi connectivity index (χ0) is 20.8. The molecule has 2 fully saturated rings. The molecule has 2 aliphatic heterocycles. The van der Waals surface area contributed by atoms with E-state index in [1.807, 2.05) is 21.9 Å². The standard InChI is InChI=1S/C25H31N3O2/c29-24(27-14-1-2-15-27)10-9-20-5-7-21(8-6-20)18-22-11-16-28(17-12-22)25(30)23-4-3-13-26-19-23/h3-8,13,19,22H,1-2,9-12,14-18H2. The first kappa shape index (κ1) is 20.6. The summed E-state index contributed by atoms with van der Waals surface area (Å²) in [4.78, 5) is 32.8. The third-order valence-corrected chi connectivity index (χ3v) is 6.44. The van der Waals surface area contributed by atoms with E-state index in [1.54, 1.807) is 12.4 Å². The van der Waals surface area contributed by atoms with E-state index in [0.29, 0.717) is 23.8 Å². The average molecular weight is 406 g/mol. The third-order valence-electron chi connectivity index (χ3n) is 6.44. The first-order chi connectivity index (χ1) is 14.7. The van der Waals surface area contributed by atoms with Crippen LogP contribution >= 0.6 is 0 Å². The molecule has 2 aliphatic rings. The molecule has 2 saturated heterocycles. The van der Waals surface area contributed by atoms with Crippen molar-refractivity contribution in [2.75, 3.05) is 26.2 Å². The van der Waals surface area contributed by atoms with Gasteiger partial charge in [-0.1, -0.05) is 24.3 Å². The number of hydrogen-bond donors (Lipinski definition) is 0. The van der Waals surface area contributed by atoms with Crippen LogP contribution in [0, 0.1) is 5.92 Å². The van der Waals surface area contributed by atoms with Crippen molar-refractivity contribution in [3.63, 3.8) is 0 Å². The molecular formula is C25H31N3O2. The van der Waals surface area contributed by atoms with Crippen LogP contribution in [0.15, 0.2) is 48.8 Å². The highest BCUT2D eigenvalue weighted by Gasteiger charge is 2.24. The zero-order valence-electron chi connectivity index (χ0n) is 17.6. The molecule has 3 heterocycles. The number of rotatable bonds is 6. The van der Waals surface area contributed by atoms with Crippen LogP contribution in [0.5, 0.6) is 0 Å². The maximum absolute atomic E-state index is 12.6. The Bertz CT molecular complexity index is 836. The SMILES string of the molecule is O=C(CCc1ccc(CC2CCN(C(=O)c3cccnc3)CC2)cc1)N1CCCC1. The molecule has 0 N–H and O–H groups in total. The van der Waals surface area contributed by atoms with Gasteiger partial charge in [-0.3, -0.25) is 14.6 Å². The predicted octanol–water partition coefficient (Wildman–Crippen LogP) is 3.73. The van der Waals surface area contributed by atoms with Gasteiger partial charge in [-0.25, -0.2) is 0 Å². The van der Waals surface area contributed by atoms with Gasteiger partial charge in [-0.15, -0.1) is 0 Å². The molecular weight excluding hydrogens is 374 g/mol. The minimum absolute atomic E-state index is 0.0920. The number of likely N-dealkylation sites (tertiary alicyclic amines) is 2. The molecule has 0 spiro atoms. The van der Waals surface area contributed by atoms with E-state index in [9.17, 15) is 9.59 Å². The lowest BCUT2D eigenvalue weighted by Gasteiger charge is -2.32. The van der Waals surface area contributed by atoms with Crippen molar-refractivity contribution in [2.45, 2.75) is 44.9 Å². The lowest BCUT2D eigenvalue weighted by Crippen LogP contribution is -2.38. The highest BCUT2D eigenvalue weighted by Crippen LogP contribution is 2.23. The molecule has 2 amide bonds. The van der Waals surface area contributed by atoms with Gasteiger partial charge >= 0.3 is 0 Å². The molecule has 30 heavy (non-hydrogen) atoms. The summed E-state index contributed by atoms with van der Waals surface area (Å²) in [7, 11) is 0. The van der Waals surface area contributed by atoms with Crippen molar-refractivity contribution in [1.29, 1.82) is 0 Å². The number of aromatic nitrogens is 1. The van der Waals surface area contributed by atoms with E-state index in [2.05, 4.69) is 29.2 Å². The predicted molar refractivity (Wildman–Crippen MR) is 117 cm³/mol. The van der Waals surface area contributed by atoms with E-state index in [4.69, 9.17) is 0 Å². The number of pyridine rings is 1. The Morgan fingerprint density at radius 1 is 0.900 bits per heavy atom. The Kier molecular flexibility index (Phi) is 6.77. The molecule has 2 aromatic rings. The first-order valence-corrected chi connectivity index (χ1v) is 11.2. The molecule has 0 bridgehead atoms. The maximum atomic E-state index is 12.6. The minimum atomic E-state index is 0.0920. The smallest absolute Gasteiger partial charge is 0.255 e.